The Balaban J connectivity index is 2.59. The predicted octanol–water partition coefficient (Wildman–Crippen LogP) is 2.01. The van der Waals surface area contributed by atoms with E-state index in [0.717, 1.165) is 24.8 Å². The van der Waals surface area contributed by atoms with Gasteiger partial charge in [-0.15, -0.1) is 6.42 Å². The Bertz CT molecular complexity index is 294. The number of carbonyl (C=O) groups is 1. The van der Waals surface area contributed by atoms with Crippen LogP contribution in [0.25, 0.3) is 0 Å². The molecule has 0 saturated carbocycles. The number of carbonyl (C=O) groups excluding carboxylic acids is 1. The summed E-state index contributed by atoms with van der Waals surface area (Å²) in [6.45, 7) is 3.66. The maximum absolute atomic E-state index is 11.7. The Morgan fingerprint density at radius 2 is 2.29 bits per heavy atom. The van der Waals surface area contributed by atoms with Crippen LogP contribution in [0.1, 0.15) is 39.5 Å². The highest BCUT2D eigenvalue weighted by molar-refractivity contribution is 5.94. The fourth-order valence-electron chi connectivity index (χ4n) is 1.44. The van der Waals surface area contributed by atoms with E-state index in [2.05, 4.69) is 11.2 Å². The summed E-state index contributed by atoms with van der Waals surface area (Å²) in [4.78, 5) is 11.7. The summed E-state index contributed by atoms with van der Waals surface area (Å²) in [5.41, 5.74) is 0.342. The lowest BCUT2D eigenvalue weighted by Crippen LogP contribution is -2.42. The fourth-order valence-corrected chi connectivity index (χ4v) is 1.44. The molecule has 76 valence electrons. The molecule has 0 unspecified atom stereocenters. The summed E-state index contributed by atoms with van der Waals surface area (Å²) in [5.74, 6) is 2.55. The molecule has 1 aliphatic carbocycles. The highest BCUT2D eigenvalue weighted by Gasteiger charge is 2.20. The van der Waals surface area contributed by atoms with Crippen molar-refractivity contribution in [2.75, 3.05) is 0 Å². The van der Waals surface area contributed by atoms with Crippen LogP contribution in [0.15, 0.2) is 11.6 Å². The van der Waals surface area contributed by atoms with Crippen LogP contribution >= 0.6 is 0 Å². The third-order valence-corrected chi connectivity index (χ3v) is 2.37. The molecule has 14 heavy (non-hydrogen) atoms. The molecule has 0 aromatic carbocycles. The minimum Gasteiger partial charge on any atom is -0.337 e. The van der Waals surface area contributed by atoms with Crippen LogP contribution < -0.4 is 5.32 Å². The SMILES string of the molecule is C#CC(C)(C)NC(=O)C1=CCCCC1. The van der Waals surface area contributed by atoms with Gasteiger partial charge in [0.05, 0.1) is 5.54 Å². The van der Waals surface area contributed by atoms with E-state index in [-0.39, 0.29) is 5.91 Å². The molecule has 2 heteroatoms. The zero-order valence-electron chi connectivity index (χ0n) is 8.89. The van der Waals surface area contributed by atoms with Gasteiger partial charge in [-0.25, -0.2) is 0 Å². The minimum absolute atomic E-state index is 0.00681. The zero-order valence-corrected chi connectivity index (χ0v) is 8.89. The van der Waals surface area contributed by atoms with Crippen LogP contribution in [0.3, 0.4) is 0 Å². The van der Waals surface area contributed by atoms with Gasteiger partial charge in [-0.05, 0) is 39.5 Å². The Labute approximate surface area is 85.8 Å². The van der Waals surface area contributed by atoms with Crippen molar-refractivity contribution >= 4 is 5.91 Å². The van der Waals surface area contributed by atoms with E-state index in [0.29, 0.717) is 0 Å². The van der Waals surface area contributed by atoms with Crippen LogP contribution in [-0.4, -0.2) is 11.4 Å². The molecule has 0 aliphatic heterocycles. The van der Waals surface area contributed by atoms with Crippen molar-refractivity contribution in [2.24, 2.45) is 0 Å². The Morgan fingerprint density at radius 1 is 1.57 bits per heavy atom. The maximum Gasteiger partial charge on any atom is 0.248 e. The average Bonchev–Trinajstić information content (AvgIpc) is 2.19. The molecule has 0 bridgehead atoms. The van der Waals surface area contributed by atoms with E-state index >= 15 is 0 Å². The Kier molecular flexibility index (Phi) is 3.35. The first-order chi connectivity index (χ1) is 6.55. The Hall–Kier alpha value is -1.23. The molecule has 1 N–H and O–H groups in total. The van der Waals surface area contributed by atoms with Gasteiger partial charge < -0.3 is 5.32 Å². The van der Waals surface area contributed by atoms with Gasteiger partial charge in [-0.2, -0.15) is 0 Å². The van der Waals surface area contributed by atoms with E-state index in [1.165, 1.54) is 6.42 Å². The highest BCUT2D eigenvalue weighted by Crippen LogP contribution is 2.18. The molecular weight excluding hydrogens is 174 g/mol. The number of hydrogen-bond donors (Lipinski definition) is 1. The van der Waals surface area contributed by atoms with Gasteiger partial charge in [0, 0.05) is 5.57 Å². The summed E-state index contributed by atoms with van der Waals surface area (Å²) in [7, 11) is 0. The molecule has 1 aliphatic rings. The number of rotatable bonds is 2. The maximum atomic E-state index is 11.7. The smallest absolute Gasteiger partial charge is 0.248 e. The van der Waals surface area contributed by atoms with Crippen molar-refractivity contribution in [3.63, 3.8) is 0 Å². The van der Waals surface area contributed by atoms with Crippen molar-refractivity contribution in [1.29, 1.82) is 0 Å². The number of allylic oxidation sites excluding steroid dienone is 1. The Morgan fingerprint density at radius 3 is 2.79 bits per heavy atom. The first kappa shape index (κ1) is 10.8. The van der Waals surface area contributed by atoms with Crippen molar-refractivity contribution in [1.82, 2.24) is 5.32 Å². The molecule has 0 saturated heterocycles. The van der Waals surface area contributed by atoms with E-state index in [1.807, 2.05) is 19.9 Å². The van der Waals surface area contributed by atoms with E-state index in [9.17, 15) is 4.79 Å². The first-order valence-electron chi connectivity index (χ1n) is 5.04. The van der Waals surface area contributed by atoms with Crippen molar-refractivity contribution < 1.29 is 4.79 Å². The third kappa shape index (κ3) is 2.92. The van der Waals surface area contributed by atoms with Crippen LogP contribution in [0.2, 0.25) is 0 Å². The molecular formula is C12H17NO. The number of nitrogens with one attached hydrogen (secondary N) is 1. The topological polar surface area (TPSA) is 29.1 Å². The summed E-state index contributed by atoms with van der Waals surface area (Å²) in [6.07, 6.45) is 11.5. The predicted molar refractivity (Wildman–Crippen MR) is 57.6 cm³/mol. The normalized spacial score (nSPS) is 16.8. The lowest BCUT2D eigenvalue weighted by Gasteiger charge is -2.21. The van der Waals surface area contributed by atoms with Crippen molar-refractivity contribution in [2.45, 2.75) is 45.1 Å². The van der Waals surface area contributed by atoms with Crippen LogP contribution in [0, 0.1) is 12.3 Å². The number of amides is 1. The zero-order chi connectivity index (χ0) is 10.6. The largest absolute Gasteiger partial charge is 0.337 e. The molecule has 0 aromatic heterocycles. The van der Waals surface area contributed by atoms with E-state index in [1.54, 1.807) is 0 Å². The molecule has 0 spiro atoms. The van der Waals surface area contributed by atoms with Gasteiger partial charge >= 0.3 is 0 Å². The second-order valence-corrected chi connectivity index (χ2v) is 4.20. The minimum atomic E-state index is -0.546. The number of terminal acetylenes is 1. The van der Waals surface area contributed by atoms with Gasteiger partial charge in [-0.3, -0.25) is 4.79 Å². The van der Waals surface area contributed by atoms with E-state index < -0.39 is 5.54 Å². The second kappa shape index (κ2) is 4.32. The molecule has 0 fully saturated rings. The monoisotopic (exact) mass is 191 g/mol. The summed E-state index contributed by atoms with van der Waals surface area (Å²) in [5, 5.41) is 2.83. The summed E-state index contributed by atoms with van der Waals surface area (Å²) < 4.78 is 0. The molecule has 0 radical (unpaired) electrons. The summed E-state index contributed by atoms with van der Waals surface area (Å²) >= 11 is 0. The highest BCUT2D eigenvalue weighted by atomic mass is 16.1. The fraction of sp³-hybridized carbons (Fsp3) is 0.583. The van der Waals surface area contributed by atoms with Crippen LogP contribution in [0.5, 0.6) is 0 Å². The third-order valence-electron chi connectivity index (χ3n) is 2.37. The second-order valence-electron chi connectivity index (χ2n) is 4.20. The van der Waals surface area contributed by atoms with Crippen molar-refractivity contribution in [3.05, 3.63) is 11.6 Å². The molecule has 0 heterocycles. The van der Waals surface area contributed by atoms with Gasteiger partial charge in [0.1, 0.15) is 0 Å². The lowest BCUT2D eigenvalue weighted by molar-refractivity contribution is -0.118. The molecule has 1 amide bonds. The molecule has 0 atom stereocenters. The quantitative estimate of drug-likeness (QED) is 0.665. The first-order valence-corrected chi connectivity index (χ1v) is 5.04. The molecule has 1 rings (SSSR count). The van der Waals surface area contributed by atoms with E-state index in [4.69, 9.17) is 6.42 Å². The standard InChI is InChI=1S/C12H17NO/c1-4-12(2,3)13-11(14)10-8-6-5-7-9-10/h1,8H,5-7,9H2,2-3H3,(H,13,14). The van der Waals surface area contributed by atoms with Crippen LogP contribution in [0.4, 0.5) is 0 Å². The lowest BCUT2D eigenvalue weighted by atomic mass is 9.97. The average molecular weight is 191 g/mol. The van der Waals surface area contributed by atoms with Gasteiger partial charge in [-0.1, -0.05) is 12.0 Å². The summed E-state index contributed by atoms with van der Waals surface area (Å²) in [6, 6.07) is 0. The van der Waals surface area contributed by atoms with Gasteiger partial charge in [0.2, 0.25) is 5.91 Å². The van der Waals surface area contributed by atoms with Gasteiger partial charge in [0.25, 0.3) is 0 Å². The molecule has 0 aromatic rings. The van der Waals surface area contributed by atoms with Gasteiger partial charge in [0.15, 0.2) is 0 Å². The molecule has 2 nitrogen and oxygen atoms in total. The number of hydrogen-bond acceptors (Lipinski definition) is 1. The van der Waals surface area contributed by atoms with Crippen LogP contribution in [-0.2, 0) is 4.79 Å². The van der Waals surface area contributed by atoms with Crippen molar-refractivity contribution in [3.8, 4) is 12.3 Å².